The Labute approximate surface area is 192 Å². The summed E-state index contributed by atoms with van der Waals surface area (Å²) in [6, 6.07) is 8.13. The minimum absolute atomic E-state index is 0.0397. The van der Waals surface area contributed by atoms with E-state index in [1.54, 1.807) is 36.6 Å². The highest BCUT2D eigenvalue weighted by molar-refractivity contribution is 7.10. The van der Waals surface area contributed by atoms with Crippen molar-refractivity contribution in [3.63, 3.8) is 0 Å². The fourth-order valence-electron chi connectivity index (χ4n) is 3.55. The molecule has 4 rings (SSSR count). The highest BCUT2D eigenvalue weighted by atomic mass is 32.1. The van der Waals surface area contributed by atoms with E-state index in [1.807, 2.05) is 24.4 Å². The van der Waals surface area contributed by atoms with Gasteiger partial charge in [0.2, 0.25) is 0 Å². The zero-order valence-corrected chi connectivity index (χ0v) is 19.5. The number of fused-ring (bicyclic) bond motifs is 1. The number of nitrogens with zero attached hydrogens (tertiary/aromatic N) is 2. The number of ether oxygens (including phenoxy) is 2. The van der Waals surface area contributed by atoms with Crippen molar-refractivity contribution in [1.82, 2.24) is 4.57 Å². The second-order valence-electron chi connectivity index (χ2n) is 6.98. The molecule has 0 spiro atoms. The Kier molecular flexibility index (Phi) is 6.29. The van der Waals surface area contributed by atoms with Gasteiger partial charge in [0.05, 0.1) is 29.0 Å². The summed E-state index contributed by atoms with van der Waals surface area (Å²) >= 11 is 2.73. The van der Waals surface area contributed by atoms with Gasteiger partial charge in [0.15, 0.2) is 16.3 Å². The van der Waals surface area contributed by atoms with Gasteiger partial charge in [-0.25, -0.2) is 9.79 Å². The molecule has 1 aromatic carbocycles. The molecule has 3 heterocycles. The third-order valence-corrected chi connectivity index (χ3v) is 6.82. The van der Waals surface area contributed by atoms with Crippen LogP contribution < -0.4 is 19.6 Å². The maximum Gasteiger partial charge on any atom is 0.338 e. The third kappa shape index (κ3) is 4.01. The second-order valence-corrected chi connectivity index (χ2v) is 8.97. The number of carbonyl (C=O) groups is 1. The fourth-order valence-corrected chi connectivity index (χ4v) is 5.42. The van der Waals surface area contributed by atoms with E-state index in [0.29, 0.717) is 38.5 Å². The molecule has 0 fully saturated rings. The van der Waals surface area contributed by atoms with Gasteiger partial charge in [0, 0.05) is 4.88 Å². The molecule has 1 aliphatic rings. The van der Waals surface area contributed by atoms with Gasteiger partial charge >= 0.3 is 5.97 Å². The fraction of sp³-hybridized carbons (Fsp3) is 0.261. The average Bonchev–Trinajstić information content (AvgIpc) is 3.39. The van der Waals surface area contributed by atoms with Crippen LogP contribution in [0.3, 0.4) is 0 Å². The van der Waals surface area contributed by atoms with Crippen molar-refractivity contribution in [3.05, 3.63) is 77.1 Å². The first-order valence-electron chi connectivity index (χ1n) is 10.1. The van der Waals surface area contributed by atoms with Crippen LogP contribution >= 0.6 is 22.7 Å². The van der Waals surface area contributed by atoms with Crippen LogP contribution in [0.5, 0.6) is 11.5 Å². The number of rotatable bonds is 6. The average molecular weight is 471 g/mol. The van der Waals surface area contributed by atoms with E-state index in [2.05, 4.69) is 4.99 Å². The van der Waals surface area contributed by atoms with Crippen molar-refractivity contribution < 1.29 is 19.4 Å². The number of phenolic OH excluding ortho intramolecular Hbond substituents is 1. The van der Waals surface area contributed by atoms with E-state index in [1.165, 1.54) is 28.7 Å². The highest BCUT2D eigenvalue weighted by Gasteiger charge is 2.33. The summed E-state index contributed by atoms with van der Waals surface area (Å²) in [5.74, 6) is -0.0786. The predicted molar refractivity (Wildman–Crippen MR) is 124 cm³/mol. The van der Waals surface area contributed by atoms with Crippen LogP contribution in [-0.4, -0.2) is 28.9 Å². The summed E-state index contributed by atoms with van der Waals surface area (Å²) in [6.07, 6.45) is 1.74. The maximum absolute atomic E-state index is 13.5. The Bertz CT molecular complexity index is 1370. The summed E-state index contributed by atoms with van der Waals surface area (Å²) in [7, 11) is 0. The summed E-state index contributed by atoms with van der Waals surface area (Å²) in [6.45, 7) is 5.99. The standard InChI is InChI=1S/C23H22N2O5S2/c1-4-29-16-11-14(8-9-15(16)26)12-18-21(27)25-20(17-7-6-10-31-17)19(22(28)30-5-2)13(3)24-23(25)32-18/h6-12,20,26H,4-5H2,1-3H3/b18-12-/t20-/m0/s1. The first-order chi connectivity index (χ1) is 15.4. The van der Waals surface area contributed by atoms with E-state index >= 15 is 0 Å². The van der Waals surface area contributed by atoms with E-state index in [4.69, 9.17) is 9.47 Å². The van der Waals surface area contributed by atoms with Gasteiger partial charge in [0.25, 0.3) is 5.56 Å². The topological polar surface area (TPSA) is 90.1 Å². The molecule has 0 aliphatic carbocycles. The minimum atomic E-state index is -0.591. The molecular formula is C23H22N2O5S2. The quantitative estimate of drug-likeness (QED) is 0.560. The Morgan fingerprint density at radius 3 is 2.78 bits per heavy atom. The number of hydrogen-bond donors (Lipinski definition) is 1. The van der Waals surface area contributed by atoms with Gasteiger partial charge in [-0.1, -0.05) is 23.5 Å². The number of thiophene rings is 1. The van der Waals surface area contributed by atoms with Gasteiger partial charge in [-0.15, -0.1) is 11.3 Å². The maximum atomic E-state index is 13.5. The molecule has 166 valence electrons. The summed E-state index contributed by atoms with van der Waals surface area (Å²) in [5.41, 5.74) is 1.38. The predicted octanol–water partition coefficient (Wildman–Crippen LogP) is 2.96. The molecule has 0 bridgehead atoms. The SMILES string of the molecule is CCOC(=O)C1=C(C)N=c2s/c(=C\c3ccc(O)c(OCC)c3)c(=O)n2[C@H]1c1cccs1. The molecule has 1 aliphatic heterocycles. The Balaban J connectivity index is 1.89. The largest absolute Gasteiger partial charge is 0.504 e. The van der Waals surface area contributed by atoms with Crippen molar-refractivity contribution in [2.45, 2.75) is 26.8 Å². The number of thiazole rings is 1. The summed E-state index contributed by atoms with van der Waals surface area (Å²) in [5, 5.41) is 11.9. The van der Waals surface area contributed by atoms with Crippen molar-refractivity contribution in [2.75, 3.05) is 13.2 Å². The molecule has 32 heavy (non-hydrogen) atoms. The summed E-state index contributed by atoms with van der Waals surface area (Å²) in [4.78, 5) is 32.2. The number of aromatic hydroxyl groups is 1. The lowest BCUT2D eigenvalue weighted by atomic mass is 10.0. The Morgan fingerprint density at radius 2 is 2.09 bits per heavy atom. The van der Waals surface area contributed by atoms with Gasteiger partial charge in [-0.3, -0.25) is 9.36 Å². The Morgan fingerprint density at radius 1 is 1.28 bits per heavy atom. The normalized spacial score (nSPS) is 16.0. The molecule has 3 aromatic rings. The van der Waals surface area contributed by atoms with E-state index in [9.17, 15) is 14.7 Å². The van der Waals surface area contributed by atoms with Crippen LogP contribution in [0.2, 0.25) is 0 Å². The first-order valence-corrected chi connectivity index (χ1v) is 11.8. The van der Waals surface area contributed by atoms with Crippen LogP contribution in [0.4, 0.5) is 0 Å². The van der Waals surface area contributed by atoms with Crippen LogP contribution in [0, 0.1) is 0 Å². The molecule has 0 saturated carbocycles. The number of aromatic nitrogens is 1. The lowest BCUT2D eigenvalue weighted by Crippen LogP contribution is -2.39. The van der Waals surface area contributed by atoms with Crippen molar-refractivity contribution in [1.29, 1.82) is 0 Å². The number of esters is 1. The van der Waals surface area contributed by atoms with Gasteiger partial charge in [-0.05, 0) is 56.0 Å². The molecule has 2 aromatic heterocycles. The molecule has 9 heteroatoms. The van der Waals surface area contributed by atoms with Gasteiger partial charge in [0.1, 0.15) is 6.04 Å². The van der Waals surface area contributed by atoms with E-state index in [0.717, 1.165) is 4.88 Å². The van der Waals surface area contributed by atoms with Crippen LogP contribution in [0.1, 0.15) is 37.3 Å². The van der Waals surface area contributed by atoms with Crippen molar-refractivity contribution in [3.8, 4) is 11.5 Å². The van der Waals surface area contributed by atoms with Gasteiger partial charge < -0.3 is 14.6 Å². The van der Waals surface area contributed by atoms with Gasteiger partial charge in [-0.2, -0.15) is 0 Å². The molecule has 1 N–H and O–H groups in total. The third-order valence-electron chi connectivity index (χ3n) is 4.91. The van der Waals surface area contributed by atoms with Crippen LogP contribution in [0.25, 0.3) is 6.08 Å². The first kappa shape index (κ1) is 22.0. The number of carbonyl (C=O) groups excluding carboxylic acids is 1. The molecule has 0 radical (unpaired) electrons. The Hall–Kier alpha value is -3.17. The molecule has 0 amide bonds. The smallest absolute Gasteiger partial charge is 0.338 e. The molecule has 7 nitrogen and oxygen atoms in total. The lowest BCUT2D eigenvalue weighted by Gasteiger charge is -2.23. The molecule has 0 saturated heterocycles. The van der Waals surface area contributed by atoms with Crippen LogP contribution in [-0.2, 0) is 9.53 Å². The number of hydrogen-bond acceptors (Lipinski definition) is 8. The molecular weight excluding hydrogens is 448 g/mol. The molecule has 1 atom stereocenters. The zero-order chi connectivity index (χ0) is 22.8. The minimum Gasteiger partial charge on any atom is -0.504 e. The lowest BCUT2D eigenvalue weighted by molar-refractivity contribution is -0.139. The van der Waals surface area contributed by atoms with Crippen LogP contribution in [0.15, 0.2) is 56.8 Å². The number of phenols is 1. The van der Waals surface area contributed by atoms with Crippen molar-refractivity contribution in [2.24, 2.45) is 4.99 Å². The highest BCUT2D eigenvalue weighted by Crippen LogP contribution is 2.33. The zero-order valence-electron chi connectivity index (χ0n) is 17.8. The van der Waals surface area contributed by atoms with Crippen molar-refractivity contribution >= 4 is 34.7 Å². The van der Waals surface area contributed by atoms with E-state index in [-0.39, 0.29) is 17.9 Å². The number of benzene rings is 1. The second kappa shape index (κ2) is 9.13. The van der Waals surface area contributed by atoms with E-state index < -0.39 is 12.0 Å². The monoisotopic (exact) mass is 470 g/mol. The molecule has 0 unspecified atom stereocenters. The number of allylic oxidation sites excluding steroid dienone is 1. The summed E-state index contributed by atoms with van der Waals surface area (Å²) < 4.78 is 12.7.